The van der Waals surface area contributed by atoms with Crippen molar-refractivity contribution in [3.63, 3.8) is 0 Å². The Morgan fingerprint density at radius 2 is 0.483 bits per heavy atom. The fourth-order valence-electron chi connectivity index (χ4n) is 4.27. The van der Waals surface area contributed by atoms with Gasteiger partial charge in [-0.15, -0.1) is 0 Å². The molecule has 0 aliphatic carbocycles. The van der Waals surface area contributed by atoms with Crippen molar-refractivity contribution in [3.05, 3.63) is 12.2 Å². The molecule has 0 aromatic heterocycles. The number of allylic oxidation sites excluding steroid dienone is 2. The van der Waals surface area contributed by atoms with Crippen LogP contribution in [0.5, 0.6) is 0 Å². The lowest BCUT2D eigenvalue weighted by Gasteiger charge is -2.03. The minimum atomic E-state index is 1.31. The highest BCUT2D eigenvalue weighted by atomic mass is 14.0. The van der Waals surface area contributed by atoms with Gasteiger partial charge in [0.2, 0.25) is 0 Å². The van der Waals surface area contributed by atoms with Gasteiger partial charge in [-0.2, -0.15) is 0 Å². The summed E-state index contributed by atoms with van der Waals surface area (Å²) in [5, 5.41) is 0. The Hall–Kier alpha value is -0.260. The van der Waals surface area contributed by atoms with E-state index in [2.05, 4.69) is 26.0 Å². The van der Waals surface area contributed by atoms with E-state index in [9.17, 15) is 0 Å². The first-order valence-corrected chi connectivity index (χ1v) is 14.1. The molecule has 0 heteroatoms. The van der Waals surface area contributed by atoms with Gasteiger partial charge in [-0.05, 0) is 25.7 Å². The Kier molecular flexibility index (Phi) is 27.5. The van der Waals surface area contributed by atoms with E-state index < -0.39 is 0 Å². The molecule has 0 aromatic rings. The molecule has 0 saturated carbocycles. The van der Waals surface area contributed by atoms with Crippen LogP contribution in [-0.4, -0.2) is 0 Å². The van der Waals surface area contributed by atoms with Crippen molar-refractivity contribution in [2.24, 2.45) is 0 Å². The maximum absolute atomic E-state index is 2.44. The Labute approximate surface area is 186 Å². The molecule has 0 aliphatic rings. The van der Waals surface area contributed by atoms with E-state index in [0.29, 0.717) is 0 Å². The third-order valence-electron chi connectivity index (χ3n) is 6.37. The molecule has 0 N–H and O–H groups in total. The van der Waals surface area contributed by atoms with Gasteiger partial charge in [0.1, 0.15) is 0 Å². The average Bonchev–Trinajstić information content (AvgIpc) is 2.74. The van der Waals surface area contributed by atoms with Gasteiger partial charge in [0.05, 0.1) is 0 Å². The standard InChI is InChI=1S/C29H58/c1-3-5-7-9-11-13-15-17-19-21-23-25-27-29-28-26-24-22-20-18-16-14-12-10-8-6-4-2/h17,19H,3-16,18,20-29H2,1-2H3. The largest absolute Gasteiger partial charge is 0.0885 e. The molecule has 0 heterocycles. The van der Waals surface area contributed by atoms with E-state index in [1.54, 1.807) is 0 Å². The molecule has 174 valence electrons. The number of rotatable bonds is 25. The van der Waals surface area contributed by atoms with Gasteiger partial charge in [-0.3, -0.25) is 0 Å². The van der Waals surface area contributed by atoms with Gasteiger partial charge in [-0.1, -0.05) is 161 Å². The molecule has 0 spiro atoms. The van der Waals surface area contributed by atoms with Crippen LogP contribution < -0.4 is 0 Å². The molecular weight excluding hydrogens is 348 g/mol. The van der Waals surface area contributed by atoms with Crippen molar-refractivity contribution in [1.29, 1.82) is 0 Å². The van der Waals surface area contributed by atoms with Gasteiger partial charge >= 0.3 is 0 Å². The SMILES string of the molecule is CCCCCCCCC=CCCCCCCCCCCCCCCCCCCC. The number of unbranched alkanes of at least 4 members (excludes halogenated alkanes) is 23. The quantitative estimate of drug-likeness (QED) is 0.104. The zero-order chi connectivity index (χ0) is 21.1. The lowest BCUT2D eigenvalue weighted by molar-refractivity contribution is 0.527. The normalized spacial score (nSPS) is 11.7. The van der Waals surface area contributed by atoms with Crippen molar-refractivity contribution < 1.29 is 0 Å². The van der Waals surface area contributed by atoms with Crippen LogP contribution in [0.4, 0.5) is 0 Å². The molecule has 0 atom stereocenters. The zero-order valence-corrected chi connectivity index (χ0v) is 20.8. The van der Waals surface area contributed by atoms with Crippen molar-refractivity contribution in [2.75, 3.05) is 0 Å². The summed E-state index contributed by atoms with van der Waals surface area (Å²) in [6, 6.07) is 0. The van der Waals surface area contributed by atoms with Crippen LogP contribution in [0.25, 0.3) is 0 Å². The number of hydrogen-bond donors (Lipinski definition) is 0. The second kappa shape index (κ2) is 27.7. The zero-order valence-electron chi connectivity index (χ0n) is 20.8. The molecule has 0 radical (unpaired) electrons. The first-order chi connectivity index (χ1) is 14.4. The smallest absolute Gasteiger partial charge is 0.0351 e. The third kappa shape index (κ3) is 27.7. The van der Waals surface area contributed by atoms with Crippen molar-refractivity contribution in [1.82, 2.24) is 0 Å². The van der Waals surface area contributed by atoms with Crippen LogP contribution in [0, 0.1) is 0 Å². The maximum atomic E-state index is 2.44. The molecule has 0 unspecified atom stereocenters. The molecule has 0 rings (SSSR count). The highest BCUT2D eigenvalue weighted by Crippen LogP contribution is 2.14. The summed E-state index contributed by atoms with van der Waals surface area (Å²) in [6.45, 7) is 4.60. The molecule has 0 saturated heterocycles. The Morgan fingerprint density at radius 3 is 0.724 bits per heavy atom. The van der Waals surface area contributed by atoms with E-state index in [0.717, 1.165) is 0 Å². The van der Waals surface area contributed by atoms with Crippen LogP contribution >= 0.6 is 0 Å². The summed E-state index contributed by atoms with van der Waals surface area (Å²) in [5.74, 6) is 0. The van der Waals surface area contributed by atoms with Crippen LogP contribution in [0.15, 0.2) is 12.2 Å². The van der Waals surface area contributed by atoms with Gasteiger partial charge in [0, 0.05) is 0 Å². The first-order valence-electron chi connectivity index (χ1n) is 14.1. The molecule has 0 aromatic carbocycles. The lowest BCUT2D eigenvalue weighted by Crippen LogP contribution is -1.83. The van der Waals surface area contributed by atoms with Gasteiger partial charge in [0.25, 0.3) is 0 Å². The molecular formula is C29H58. The predicted octanol–water partition coefficient (Wildman–Crippen LogP) is 11.3. The molecule has 29 heavy (non-hydrogen) atoms. The van der Waals surface area contributed by atoms with Crippen LogP contribution in [0.1, 0.15) is 174 Å². The van der Waals surface area contributed by atoms with Crippen LogP contribution in [0.3, 0.4) is 0 Å². The summed E-state index contributed by atoms with van der Waals surface area (Å²) >= 11 is 0. The summed E-state index contributed by atoms with van der Waals surface area (Å²) in [4.78, 5) is 0. The highest BCUT2D eigenvalue weighted by molar-refractivity contribution is 4.81. The van der Waals surface area contributed by atoms with E-state index in [-0.39, 0.29) is 0 Å². The monoisotopic (exact) mass is 406 g/mol. The Balaban J connectivity index is 3.04. The fourth-order valence-corrected chi connectivity index (χ4v) is 4.27. The molecule has 0 amide bonds. The molecule has 0 aliphatic heterocycles. The second-order valence-electron chi connectivity index (χ2n) is 9.47. The van der Waals surface area contributed by atoms with E-state index >= 15 is 0 Å². The van der Waals surface area contributed by atoms with Gasteiger partial charge < -0.3 is 0 Å². The van der Waals surface area contributed by atoms with Crippen LogP contribution in [0.2, 0.25) is 0 Å². The number of hydrogen-bond acceptors (Lipinski definition) is 0. The summed E-state index contributed by atoms with van der Waals surface area (Å²) in [6.07, 6.45) is 40.9. The topological polar surface area (TPSA) is 0 Å². The average molecular weight is 407 g/mol. The summed E-state index contributed by atoms with van der Waals surface area (Å²) in [7, 11) is 0. The summed E-state index contributed by atoms with van der Waals surface area (Å²) in [5.41, 5.74) is 0. The summed E-state index contributed by atoms with van der Waals surface area (Å²) < 4.78 is 0. The minimum Gasteiger partial charge on any atom is -0.0885 e. The predicted molar refractivity (Wildman–Crippen MR) is 136 cm³/mol. The van der Waals surface area contributed by atoms with Crippen molar-refractivity contribution in [3.8, 4) is 0 Å². The van der Waals surface area contributed by atoms with E-state index in [1.165, 1.54) is 161 Å². The molecule has 0 bridgehead atoms. The fraction of sp³-hybridized carbons (Fsp3) is 0.931. The highest BCUT2D eigenvalue weighted by Gasteiger charge is 1.95. The van der Waals surface area contributed by atoms with E-state index in [1.807, 2.05) is 0 Å². The molecule has 0 nitrogen and oxygen atoms in total. The van der Waals surface area contributed by atoms with E-state index in [4.69, 9.17) is 0 Å². The Bertz CT molecular complexity index is 290. The maximum Gasteiger partial charge on any atom is -0.0351 e. The Morgan fingerprint density at radius 1 is 0.276 bits per heavy atom. The minimum absolute atomic E-state index is 1.31. The second-order valence-corrected chi connectivity index (χ2v) is 9.47. The third-order valence-corrected chi connectivity index (χ3v) is 6.37. The lowest BCUT2D eigenvalue weighted by atomic mass is 10.0. The van der Waals surface area contributed by atoms with Crippen LogP contribution in [-0.2, 0) is 0 Å². The van der Waals surface area contributed by atoms with Crippen molar-refractivity contribution in [2.45, 2.75) is 174 Å². The van der Waals surface area contributed by atoms with Crippen molar-refractivity contribution >= 4 is 0 Å². The van der Waals surface area contributed by atoms with Gasteiger partial charge in [0.15, 0.2) is 0 Å². The van der Waals surface area contributed by atoms with Gasteiger partial charge in [-0.25, -0.2) is 0 Å². The molecule has 0 fully saturated rings. The first kappa shape index (κ1) is 28.7.